The second-order valence-corrected chi connectivity index (χ2v) is 5.56. The summed E-state index contributed by atoms with van der Waals surface area (Å²) in [5.74, 6) is -1.43. The van der Waals surface area contributed by atoms with Crippen LogP contribution in [0, 0.1) is 0 Å². The molecule has 0 fully saturated rings. The first kappa shape index (κ1) is 15.4. The number of thiophene rings is 1. The van der Waals surface area contributed by atoms with E-state index in [2.05, 4.69) is 4.74 Å². The Morgan fingerprint density at radius 3 is 2.48 bits per heavy atom. The molecule has 110 valence electrons. The van der Waals surface area contributed by atoms with Crippen LogP contribution in [-0.2, 0) is 9.53 Å². The summed E-state index contributed by atoms with van der Waals surface area (Å²) in [5.41, 5.74) is 0.566. The van der Waals surface area contributed by atoms with Crippen LogP contribution in [0.5, 0.6) is 0 Å². The lowest BCUT2D eigenvalue weighted by molar-refractivity contribution is -0.151. The van der Waals surface area contributed by atoms with Crippen molar-refractivity contribution in [3.8, 4) is 0 Å². The maximum absolute atomic E-state index is 12.3. The number of rotatable bonds is 6. The zero-order valence-corrected chi connectivity index (χ0v) is 12.4. The monoisotopic (exact) mass is 304 g/mol. The Morgan fingerprint density at radius 1 is 1.19 bits per heavy atom. The fourth-order valence-electron chi connectivity index (χ4n) is 2.10. The van der Waals surface area contributed by atoms with Gasteiger partial charge in [0, 0.05) is 22.8 Å². The van der Waals surface area contributed by atoms with Crippen molar-refractivity contribution in [2.75, 3.05) is 7.11 Å². The van der Waals surface area contributed by atoms with Gasteiger partial charge in [0.25, 0.3) is 0 Å². The van der Waals surface area contributed by atoms with Gasteiger partial charge in [-0.1, -0.05) is 36.4 Å². The smallest absolute Gasteiger partial charge is 0.335 e. The van der Waals surface area contributed by atoms with Crippen LogP contribution in [0.3, 0.4) is 0 Å². The molecule has 1 heterocycles. The minimum atomic E-state index is -1.35. The number of carbonyl (C=O) groups is 2. The summed E-state index contributed by atoms with van der Waals surface area (Å²) >= 11 is 1.40. The van der Waals surface area contributed by atoms with E-state index in [9.17, 15) is 14.7 Å². The first-order chi connectivity index (χ1) is 10.1. The highest BCUT2D eigenvalue weighted by molar-refractivity contribution is 7.10. The van der Waals surface area contributed by atoms with Crippen LogP contribution < -0.4 is 0 Å². The van der Waals surface area contributed by atoms with Crippen LogP contribution in [0.25, 0.3) is 0 Å². The number of aliphatic hydroxyl groups excluding tert-OH is 1. The highest BCUT2D eigenvalue weighted by Crippen LogP contribution is 2.29. The van der Waals surface area contributed by atoms with Crippen molar-refractivity contribution in [2.24, 2.45) is 0 Å². The predicted octanol–water partition coefficient (Wildman–Crippen LogP) is 2.64. The molecule has 0 unspecified atom stereocenters. The number of carbonyl (C=O) groups excluding carboxylic acids is 2. The molecule has 2 atom stereocenters. The fourth-order valence-corrected chi connectivity index (χ4v) is 2.96. The van der Waals surface area contributed by atoms with Crippen molar-refractivity contribution in [2.45, 2.75) is 18.4 Å². The van der Waals surface area contributed by atoms with Crippen molar-refractivity contribution in [3.05, 3.63) is 58.3 Å². The molecular weight excluding hydrogens is 288 g/mol. The van der Waals surface area contributed by atoms with Gasteiger partial charge in [-0.05, 0) is 11.4 Å². The van der Waals surface area contributed by atoms with E-state index in [-0.39, 0.29) is 12.2 Å². The Morgan fingerprint density at radius 2 is 1.90 bits per heavy atom. The van der Waals surface area contributed by atoms with E-state index in [1.54, 1.807) is 30.3 Å². The molecule has 0 bridgehead atoms. The van der Waals surface area contributed by atoms with Crippen molar-refractivity contribution in [3.63, 3.8) is 0 Å². The maximum atomic E-state index is 12.3. The molecule has 21 heavy (non-hydrogen) atoms. The normalized spacial score (nSPS) is 13.4. The summed E-state index contributed by atoms with van der Waals surface area (Å²) in [6.07, 6.45) is -1.29. The van der Waals surface area contributed by atoms with E-state index < -0.39 is 18.0 Å². The van der Waals surface area contributed by atoms with Crippen LogP contribution in [-0.4, -0.2) is 30.1 Å². The molecule has 0 aliphatic heterocycles. The molecule has 1 aromatic heterocycles. The zero-order chi connectivity index (χ0) is 15.2. The molecular formula is C16H16O4S. The van der Waals surface area contributed by atoms with E-state index in [1.165, 1.54) is 18.4 Å². The van der Waals surface area contributed by atoms with E-state index in [1.807, 2.05) is 17.5 Å². The number of hydrogen-bond donors (Lipinski definition) is 1. The van der Waals surface area contributed by atoms with Gasteiger partial charge in [0.2, 0.25) is 0 Å². The largest absolute Gasteiger partial charge is 0.467 e. The Labute approximate surface area is 127 Å². The minimum Gasteiger partial charge on any atom is -0.467 e. The van der Waals surface area contributed by atoms with E-state index in [0.29, 0.717) is 5.56 Å². The molecule has 2 aromatic rings. The first-order valence-corrected chi connectivity index (χ1v) is 7.39. The van der Waals surface area contributed by atoms with E-state index >= 15 is 0 Å². The number of ether oxygens (including phenoxy) is 1. The Kier molecular flexibility index (Phi) is 5.25. The number of methoxy groups -OCH3 is 1. The molecule has 0 saturated carbocycles. The zero-order valence-electron chi connectivity index (χ0n) is 11.6. The second-order valence-electron chi connectivity index (χ2n) is 4.58. The predicted molar refractivity (Wildman–Crippen MR) is 80.5 cm³/mol. The number of esters is 1. The lowest BCUT2D eigenvalue weighted by Crippen LogP contribution is -2.30. The molecule has 0 aliphatic rings. The number of hydrogen-bond acceptors (Lipinski definition) is 5. The summed E-state index contributed by atoms with van der Waals surface area (Å²) in [7, 11) is 1.22. The lowest BCUT2D eigenvalue weighted by atomic mass is 9.92. The van der Waals surface area contributed by atoms with E-state index in [0.717, 1.165) is 4.88 Å². The number of ketones is 1. The highest BCUT2D eigenvalue weighted by Gasteiger charge is 2.31. The number of benzene rings is 1. The quantitative estimate of drug-likeness (QED) is 0.658. The highest BCUT2D eigenvalue weighted by atomic mass is 32.1. The van der Waals surface area contributed by atoms with E-state index in [4.69, 9.17) is 0 Å². The minimum absolute atomic E-state index is 0.0563. The standard InChI is InChI=1S/C16H16O4S/c1-20-16(19)15(18)12(14-8-5-9-21-14)10-13(17)11-6-3-2-4-7-11/h2-9,12,15,18H,10H2,1H3/t12-,15+/m0/s1. The van der Waals surface area contributed by atoms with Gasteiger partial charge >= 0.3 is 5.97 Å². The third-order valence-corrected chi connectivity index (χ3v) is 4.24. The van der Waals surface area contributed by atoms with Crippen LogP contribution in [0.1, 0.15) is 27.6 Å². The third-order valence-electron chi connectivity index (χ3n) is 3.23. The molecule has 0 aliphatic carbocycles. The van der Waals surface area contributed by atoms with Gasteiger partial charge in [0.05, 0.1) is 7.11 Å². The summed E-state index contributed by atoms with van der Waals surface area (Å²) in [4.78, 5) is 24.7. The average molecular weight is 304 g/mol. The molecule has 0 saturated heterocycles. The molecule has 0 amide bonds. The van der Waals surface area contributed by atoms with Gasteiger partial charge in [0.1, 0.15) is 0 Å². The van der Waals surface area contributed by atoms with Crippen LogP contribution >= 0.6 is 11.3 Å². The van der Waals surface area contributed by atoms with Crippen LogP contribution in [0.15, 0.2) is 47.8 Å². The summed E-state index contributed by atoms with van der Waals surface area (Å²) < 4.78 is 4.58. The average Bonchev–Trinajstić information content (AvgIpc) is 3.05. The first-order valence-electron chi connectivity index (χ1n) is 6.51. The topological polar surface area (TPSA) is 63.6 Å². The van der Waals surface area contributed by atoms with Crippen molar-refractivity contribution in [1.29, 1.82) is 0 Å². The summed E-state index contributed by atoms with van der Waals surface area (Å²) in [5, 5.41) is 12.0. The second kappa shape index (κ2) is 7.15. The Hall–Kier alpha value is -1.98. The van der Waals surface area contributed by atoms with Gasteiger partial charge in [-0.2, -0.15) is 0 Å². The number of aliphatic hydroxyl groups is 1. The van der Waals surface area contributed by atoms with Crippen molar-refractivity contribution < 1.29 is 19.4 Å². The van der Waals surface area contributed by atoms with Gasteiger partial charge in [-0.3, -0.25) is 4.79 Å². The lowest BCUT2D eigenvalue weighted by Gasteiger charge is -2.19. The molecule has 1 aromatic carbocycles. The van der Waals surface area contributed by atoms with Crippen molar-refractivity contribution in [1.82, 2.24) is 0 Å². The summed E-state index contributed by atoms with van der Waals surface area (Å²) in [6.45, 7) is 0. The molecule has 0 spiro atoms. The van der Waals surface area contributed by atoms with Crippen molar-refractivity contribution >= 4 is 23.1 Å². The van der Waals surface area contributed by atoms with Gasteiger partial charge in [-0.25, -0.2) is 4.79 Å². The number of Topliss-reactive ketones (excluding diaryl/α,β-unsaturated/α-hetero) is 1. The SMILES string of the molecule is COC(=O)[C@H](O)[C@@H](CC(=O)c1ccccc1)c1cccs1. The summed E-state index contributed by atoms with van der Waals surface area (Å²) in [6, 6.07) is 12.5. The molecule has 0 radical (unpaired) electrons. The fraction of sp³-hybridized carbons (Fsp3) is 0.250. The van der Waals surface area contributed by atoms with Gasteiger partial charge in [-0.15, -0.1) is 11.3 Å². The van der Waals surface area contributed by atoms with Crippen LogP contribution in [0.4, 0.5) is 0 Å². The molecule has 2 rings (SSSR count). The molecule has 1 N–H and O–H groups in total. The Bertz CT molecular complexity index is 592. The third kappa shape index (κ3) is 3.77. The van der Waals surface area contributed by atoms with Gasteiger partial charge in [0.15, 0.2) is 11.9 Å². The maximum Gasteiger partial charge on any atom is 0.335 e. The Balaban J connectivity index is 2.21. The molecule has 4 nitrogen and oxygen atoms in total. The van der Waals surface area contributed by atoms with Crippen LogP contribution in [0.2, 0.25) is 0 Å². The van der Waals surface area contributed by atoms with Gasteiger partial charge < -0.3 is 9.84 Å². The molecule has 5 heteroatoms.